The minimum atomic E-state index is -0.289. The zero-order chi connectivity index (χ0) is 20.6. The van der Waals surface area contributed by atoms with Crippen LogP contribution in [-0.2, 0) is 17.9 Å². The molecule has 0 atom stereocenters. The van der Waals surface area contributed by atoms with Crippen molar-refractivity contribution in [3.8, 4) is 11.4 Å². The topological polar surface area (TPSA) is 59.8 Å². The van der Waals surface area contributed by atoms with Gasteiger partial charge in [0.1, 0.15) is 5.82 Å². The lowest BCUT2D eigenvalue weighted by Crippen LogP contribution is -2.23. The molecule has 1 amide bonds. The fraction of sp³-hybridized carbons (Fsp3) is 0.190. The van der Waals surface area contributed by atoms with Gasteiger partial charge in [-0.05, 0) is 29.8 Å². The zero-order valence-electron chi connectivity index (χ0n) is 15.6. The van der Waals surface area contributed by atoms with E-state index in [9.17, 15) is 9.18 Å². The van der Waals surface area contributed by atoms with Crippen LogP contribution in [0.1, 0.15) is 12.0 Å². The van der Waals surface area contributed by atoms with Gasteiger partial charge in [-0.3, -0.25) is 9.36 Å². The highest BCUT2D eigenvalue weighted by molar-refractivity contribution is 9.10. The van der Waals surface area contributed by atoms with Crippen LogP contribution in [0.4, 0.5) is 4.39 Å². The Labute approximate surface area is 181 Å². The van der Waals surface area contributed by atoms with Crippen molar-refractivity contribution in [3.63, 3.8) is 0 Å². The van der Waals surface area contributed by atoms with Gasteiger partial charge in [-0.1, -0.05) is 58.0 Å². The van der Waals surface area contributed by atoms with E-state index < -0.39 is 0 Å². The van der Waals surface area contributed by atoms with Crippen molar-refractivity contribution in [1.82, 2.24) is 20.1 Å². The zero-order valence-corrected chi connectivity index (χ0v) is 18.0. The number of halogens is 2. The van der Waals surface area contributed by atoms with Crippen LogP contribution in [-0.4, -0.2) is 26.4 Å². The van der Waals surface area contributed by atoms with Gasteiger partial charge in [0.15, 0.2) is 11.0 Å². The van der Waals surface area contributed by atoms with Gasteiger partial charge in [-0.2, -0.15) is 0 Å². The first-order valence-corrected chi connectivity index (χ1v) is 10.8. The molecule has 3 aromatic rings. The molecule has 0 bridgehead atoms. The number of carbonyl (C=O) groups excluding carboxylic acids is 1. The maximum absolute atomic E-state index is 12.9. The maximum atomic E-state index is 12.9. The van der Waals surface area contributed by atoms with Crippen LogP contribution in [0, 0.1) is 5.82 Å². The van der Waals surface area contributed by atoms with E-state index in [1.165, 1.54) is 23.9 Å². The second-order valence-corrected chi connectivity index (χ2v) is 8.19. The first-order chi connectivity index (χ1) is 14.1. The molecular formula is C21H20BrFN4OS. The second-order valence-electron chi connectivity index (χ2n) is 6.21. The fourth-order valence-electron chi connectivity index (χ4n) is 2.63. The smallest absolute Gasteiger partial charge is 0.221 e. The molecule has 1 N–H and O–H groups in total. The Bertz CT molecular complexity index is 973. The SMILES string of the molecule is C=CCn1c(SCCC(=O)NCc2ccc(F)cc2)nnc1-c1ccc(Br)cc1. The van der Waals surface area contributed by atoms with E-state index >= 15 is 0 Å². The second kappa shape index (κ2) is 10.4. The normalized spacial score (nSPS) is 10.7. The molecule has 1 heterocycles. The van der Waals surface area contributed by atoms with E-state index in [0.717, 1.165) is 26.6 Å². The molecule has 0 spiro atoms. The third-order valence-electron chi connectivity index (χ3n) is 4.09. The number of hydrogen-bond acceptors (Lipinski definition) is 4. The van der Waals surface area contributed by atoms with Crippen LogP contribution >= 0.6 is 27.7 Å². The number of hydrogen-bond donors (Lipinski definition) is 1. The average molecular weight is 475 g/mol. The molecule has 150 valence electrons. The lowest BCUT2D eigenvalue weighted by molar-refractivity contribution is -0.120. The first-order valence-electron chi connectivity index (χ1n) is 9.01. The largest absolute Gasteiger partial charge is 0.352 e. The number of rotatable bonds is 9. The Hall–Kier alpha value is -2.45. The van der Waals surface area contributed by atoms with Crippen LogP contribution in [0.5, 0.6) is 0 Å². The van der Waals surface area contributed by atoms with E-state index in [-0.39, 0.29) is 11.7 Å². The standard InChI is InChI=1S/C21H20BrFN4OS/c1-2-12-27-20(16-5-7-17(22)8-6-16)25-26-21(27)29-13-11-19(28)24-14-15-3-9-18(23)10-4-15/h2-10H,1,11-14H2,(H,24,28). The number of benzene rings is 2. The molecule has 5 nitrogen and oxygen atoms in total. The van der Waals surface area contributed by atoms with E-state index in [1.807, 2.05) is 28.8 Å². The lowest BCUT2D eigenvalue weighted by Gasteiger charge is -2.08. The molecule has 1 aromatic heterocycles. The van der Waals surface area contributed by atoms with E-state index in [2.05, 4.69) is 38.0 Å². The molecule has 0 radical (unpaired) electrons. The number of allylic oxidation sites excluding steroid dienone is 1. The van der Waals surface area contributed by atoms with Crippen LogP contribution in [0.3, 0.4) is 0 Å². The maximum Gasteiger partial charge on any atom is 0.221 e. The summed E-state index contributed by atoms with van der Waals surface area (Å²) in [5.74, 6) is 0.984. The predicted molar refractivity (Wildman–Crippen MR) is 117 cm³/mol. The Balaban J connectivity index is 1.55. The monoisotopic (exact) mass is 474 g/mol. The van der Waals surface area contributed by atoms with Gasteiger partial charge >= 0.3 is 0 Å². The van der Waals surface area contributed by atoms with Gasteiger partial charge in [-0.15, -0.1) is 16.8 Å². The van der Waals surface area contributed by atoms with Gasteiger partial charge in [0.05, 0.1) is 0 Å². The molecule has 0 aliphatic carbocycles. The molecular weight excluding hydrogens is 455 g/mol. The summed E-state index contributed by atoms with van der Waals surface area (Å²) >= 11 is 4.91. The number of nitrogens with one attached hydrogen (secondary N) is 1. The molecule has 2 aromatic carbocycles. The Morgan fingerprint density at radius 2 is 1.90 bits per heavy atom. The first kappa shape index (κ1) is 21.3. The summed E-state index contributed by atoms with van der Waals surface area (Å²) in [5, 5.41) is 12.2. The quantitative estimate of drug-likeness (QED) is 0.356. The van der Waals surface area contributed by atoms with Crippen molar-refractivity contribution < 1.29 is 9.18 Å². The van der Waals surface area contributed by atoms with Crippen LogP contribution in [0.2, 0.25) is 0 Å². The highest BCUT2D eigenvalue weighted by Crippen LogP contribution is 2.25. The third-order valence-corrected chi connectivity index (χ3v) is 5.59. The number of amides is 1. The van der Waals surface area contributed by atoms with Crippen molar-refractivity contribution in [1.29, 1.82) is 0 Å². The summed E-state index contributed by atoms with van der Waals surface area (Å²) in [5.41, 5.74) is 1.82. The van der Waals surface area contributed by atoms with Gasteiger partial charge in [0.2, 0.25) is 5.91 Å². The number of aromatic nitrogens is 3. The molecule has 0 aliphatic rings. The van der Waals surface area contributed by atoms with Gasteiger partial charge in [0, 0.05) is 35.3 Å². The van der Waals surface area contributed by atoms with Crippen molar-refractivity contribution in [2.24, 2.45) is 0 Å². The Morgan fingerprint density at radius 3 is 2.59 bits per heavy atom. The summed E-state index contributed by atoms with van der Waals surface area (Å²) < 4.78 is 15.9. The van der Waals surface area contributed by atoms with Crippen LogP contribution in [0.15, 0.2) is 70.8 Å². The number of thioether (sulfide) groups is 1. The average Bonchev–Trinajstić information content (AvgIpc) is 3.11. The molecule has 0 saturated heterocycles. The predicted octanol–water partition coefficient (Wildman–Crippen LogP) is 4.83. The molecule has 29 heavy (non-hydrogen) atoms. The summed E-state index contributed by atoms with van der Waals surface area (Å²) in [6.07, 6.45) is 2.14. The minimum Gasteiger partial charge on any atom is -0.352 e. The minimum absolute atomic E-state index is 0.0651. The van der Waals surface area contributed by atoms with Gasteiger partial charge in [0.25, 0.3) is 0 Å². The van der Waals surface area contributed by atoms with Crippen LogP contribution in [0.25, 0.3) is 11.4 Å². The van der Waals surface area contributed by atoms with E-state index in [0.29, 0.717) is 25.3 Å². The van der Waals surface area contributed by atoms with Crippen molar-refractivity contribution in [3.05, 3.63) is 77.0 Å². The molecule has 3 rings (SSSR count). The number of carbonyl (C=O) groups is 1. The molecule has 0 saturated carbocycles. The highest BCUT2D eigenvalue weighted by atomic mass is 79.9. The van der Waals surface area contributed by atoms with Gasteiger partial charge < -0.3 is 5.32 Å². The van der Waals surface area contributed by atoms with Crippen molar-refractivity contribution >= 4 is 33.6 Å². The molecule has 0 unspecified atom stereocenters. The number of nitrogens with zero attached hydrogens (tertiary/aromatic N) is 3. The summed E-state index contributed by atoms with van der Waals surface area (Å²) in [4.78, 5) is 12.1. The fourth-order valence-corrected chi connectivity index (χ4v) is 3.78. The Morgan fingerprint density at radius 1 is 1.17 bits per heavy atom. The Kier molecular flexibility index (Phi) is 7.60. The van der Waals surface area contributed by atoms with Crippen LogP contribution < -0.4 is 5.32 Å². The summed E-state index contributed by atoms with van der Waals surface area (Å²) in [6, 6.07) is 14.0. The molecule has 0 aliphatic heterocycles. The highest BCUT2D eigenvalue weighted by Gasteiger charge is 2.14. The van der Waals surface area contributed by atoms with E-state index in [1.54, 1.807) is 18.2 Å². The summed E-state index contributed by atoms with van der Waals surface area (Å²) in [7, 11) is 0. The van der Waals surface area contributed by atoms with Gasteiger partial charge in [-0.25, -0.2) is 4.39 Å². The molecule has 0 fully saturated rings. The molecule has 8 heteroatoms. The van der Waals surface area contributed by atoms with Crippen molar-refractivity contribution in [2.75, 3.05) is 5.75 Å². The summed E-state index contributed by atoms with van der Waals surface area (Å²) in [6.45, 7) is 4.77. The van der Waals surface area contributed by atoms with E-state index in [4.69, 9.17) is 0 Å². The lowest BCUT2D eigenvalue weighted by atomic mass is 10.2. The van der Waals surface area contributed by atoms with Crippen molar-refractivity contribution in [2.45, 2.75) is 24.7 Å². The third kappa shape index (κ3) is 6.01.